The summed E-state index contributed by atoms with van der Waals surface area (Å²) in [7, 11) is 0. The molecule has 0 amide bonds. The second-order valence-corrected chi connectivity index (χ2v) is 9.02. The zero-order valence-corrected chi connectivity index (χ0v) is 17.3. The van der Waals surface area contributed by atoms with Crippen LogP contribution in [0, 0.1) is 19.7 Å². The quantitative estimate of drug-likeness (QED) is 0.536. The Kier molecular flexibility index (Phi) is 4.56. The number of benzene rings is 1. The van der Waals surface area contributed by atoms with Gasteiger partial charge in [-0.05, 0) is 32.0 Å². The largest absolute Gasteiger partial charge is 0.294 e. The van der Waals surface area contributed by atoms with Crippen molar-refractivity contribution in [3.8, 4) is 16.9 Å². The van der Waals surface area contributed by atoms with Crippen LogP contribution in [0.1, 0.15) is 26.6 Å². The lowest BCUT2D eigenvalue weighted by Crippen LogP contribution is -2.29. The number of fused-ring (bicyclic) bond motifs is 1. The first-order valence-electron chi connectivity index (χ1n) is 9.73. The van der Waals surface area contributed by atoms with E-state index in [4.69, 9.17) is 5.10 Å². The lowest BCUT2D eigenvalue weighted by atomic mass is 10.1. The minimum Gasteiger partial charge on any atom is -0.294 e. The van der Waals surface area contributed by atoms with Crippen LogP contribution in [0.4, 0.5) is 4.39 Å². The van der Waals surface area contributed by atoms with Gasteiger partial charge in [-0.2, -0.15) is 10.2 Å². The number of para-hydroxylation sites is 1. The number of rotatable bonds is 4. The van der Waals surface area contributed by atoms with Gasteiger partial charge < -0.3 is 0 Å². The van der Waals surface area contributed by atoms with Gasteiger partial charge in [0.2, 0.25) is 0 Å². The Morgan fingerprint density at radius 3 is 2.90 bits per heavy atom. The maximum absolute atomic E-state index is 14.4. The van der Waals surface area contributed by atoms with E-state index in [2.05, 4.69) is 35.0 Å². The number of nitrogens with one attached hydrogen (secondary N) is 1. The SMILES string of the molecule is Cc1cc(-c2nn(-c3ccccc3F)cc2CN2CCc3[nH]ncc3C2)c(C)s1. The fourth-order valence-electron chi connectivity index (χ4n) is 4.04. The fraction of sp³-hybridized carbons (Fsp3) is 0.273. The van der Waals surface area contributed by atoms with E-state index in [1.165, 1.54) is 27.1 Å². The lowest BCUT2D eigenvalue weighted by Gasteiger charge is -2.26. The van der Waals surface area contributed by atoms with Crippen LogP contribution in [0.3, 0.4) is 0 Å². The number of aromatic amines is 1. The fourth-order valence-corrected chi connectivity index (χ4v) is 4.96. The number of hydrogen-bond donors (Lipinski definition) is 1. The van der Waals surface area contributed by atoms with Gasteiger partial charge in [-0.3, -0.25) is 10.00 Å². The number of thiophene rings is 1. The predicted molar refractivity (Wildman–Crippen MR) is 113 cm³/mol. The van der Waals surface area contributed by atoms with E-state index < -0.39 is 0 Å². The Labute approximate surface area is 172 Å². The Morgan fingerprint density at radius 1 is 1.24 bits per heavy atom. The van der Waals surface area contributed by atoms with E-state index in [9.17, 15) is 4.39 Å². The maximum atomic E-state index is 14.4. The van der Waals surface area contributed by atoms with E-state index in [0.717, 1.165) is 42.9 Å². The third-order valence-corrected chi connectivity index (χ3v) is 6.42. The molecule has 3 aromatic heterocycles. The highest BCUT2D eigenvalue weighted by Gasteiger charge is 2.22. The smallest absolute Gasteiger partial charge is 0.148 e. The molecule has 29 heavy (non-hydrogen) atoms. The lowest BCUT2D eigenvalue weighted by molar-refractivity contribution is 0.245. The maximum Gasteiger partial charge on any atom is 0.148 e. The minimum absolute atomic E-state index is 0.271. The molecule has 148 valence electrons. The van der Waals surface area contributed by atoms with Gasteiger partial charge in [0.05, 0.1) is 11.9 Å². The van der Waals surface area contributed by atoms with E-state index in [-0.39, 0.29) is 5.82 Å². The third-order valence-electron chi connectivity index (χ3n) is 5.46. The number of nitrogens with zero attached hydrogens (tertiary/aromatic N) is 4. The average molecular weight is 408 g/mol. The summed E-state index contributed by atoms with van der Waals surface area (Å²) in [5, 5.41) is 12.1. The van der Waals surface area contributed by atoms with Crippen molar-refractivity contribution < 1.29 is 4.39 Å². The topological polar surface area (TPSA) is 49.7 Å². The normalized spacial score (nSPS) is 14.3. The molecule has 0 saturated heterocycles. The highest BCUT2D eigenvalue weighted by molar-refractivity contribution is 7.12. The molecule has 5 rings (SSSR count). The van der Waals surface area contributed by atoms with Crippen LogP contribution in [0.5, 0.6) is 0 Å². The molecular weight excluding hydrogens is 385 g/mol. The molecule has 0 atom stereocenters. The highest BCUT2D eigenvalue weighted by atomic mass is 32.1. The van der Waals surface area contributed by atoms with Crippen molar-refractivity contribution >= 4 is 11.3 Å². The average Bonchev–Trinajstić information content (AvgIpc) is 3.40. The first-order chi connectivity index (χ1) is 14.1. The number of hydrogen-bond acceptors (Lipinski definition) is 4. The van der Waals surface area contributed by atoms with Crippen molar-refractivity contribution in [2.24, 2.45) is 0 Å². The minimum atomic E-state index is -0.271. The van der Waals surface area contributed by atoms with E-state index >= 15 is 0 Å². The Bertz CT molecular complexity index is 1170. The van der Waals surface area contributed by atoms with Gasteiger partial charge in [0, 0.05) is 64.4 Å². The molecule has 0 unspecified atom stereocenters. The second-order valence-electron chi connectivity index (χ2n) is 7.56. The standard InChI is InChI=1S/C22H22FN5S/c1-14-9-18(15(2)29-14)22-17(12-27-8-7-20-16(11-27)10-24-25-20)13-28(26-22)21-6-4-3-5-19(21)23/h3-6,9-10,13H,7-8,11-12H2,1-2H3,(H,24,25). The molecule has 0 radical (unpaired) electrons. The molecule has 0 bridgehead atoms. The monoisotopic (exact) mass is 407 g/mol. The van der Waals surface area contributed by atoms with Crippen molar-refractivity contribution in [3.63, 3.8) is 0 Å². The first-order valence-corrected chi connectivity index (χ1v) is 10.5. The molecule has 0 spiro atoms. The van der Waals surface area contributed by atoms with Crippen LogP contribution in [0.25, 0.3) is 16.9 Å². The number of aromatic nitrogens is 4. The van der Waals surface area contributed by atoms with Crippen LogP contribution in [-0.2, 0) is 19.5 Å². The molecular formula is C22H22FN5S. The van der Waals surface area contributed by atoms with Gasteiger partial charge in [0.25, 0.3) is 0 Å². The summed E-state index contributed by atoms with van der Waals surface area (Å²) in [5.41, 5.74) is 6.14. The molecule has 0 saturated carbocycles. The Balaban J connectivity index is 1.54. The zero-order valence-electron chi connectivity index (χ0n) is 16.4. The summed E-state index contributed by atoms with van der Waals surface area (Å²) in [6.07, 6.45) is 4.85. The van der Waals surface area contributed by atoms with Crippen LogP contribution < -0.4 is 0 Å². The van der Waals surface area contributed by atoms with Crippen molar-refractivity contribution in [1.29, 1.82) is 0 Å². The van der Waals surface area contributed by atoms with Gasteiger partial charge in [0.1, 0.15) is 11.5 Å². The molecule has 0 aliphatic carbocycles. The molecule has 1 N–H and O–H groups in total. The van der Waals surface area contributed by atoms with Crippen molar-refractivity contribution in [2.45, 2.75) is 33.4 Å². The van der Waals surface area contributed by atoms with Gasteiger partial charge >= 0.3 is 0 Å². The molecule has 4 heterocycles. The summed E-state index contributed by atoms with van der Waals surface area (Å²) in [6.45, 7) is 6.82. The van der Waals surface area contributed by atoms with Crippen molar-refractivity contribution in [1.82, 2.24) is 24.9 Å². The summed E-state index contributed by atoms with van der Waals surface area (Å²) >= 11 is 1.77. The zero-order chi connectivity index (χ0) is 20.0. The highest BCUT2D eigenvalue weighted by Crippen LogP contribution is 2.33. The van der Waals surface area contributed by atoms with E-state index in [1.807, 2.05) is 18.5 Å². The first kappa shape index (κ1) is 18.3. The molecule has 5 nitrogen and oxygen atoms in total. The van der Waals surface area contributed by atoms with Gasteiger partial charge in [-0.25, -0.2) is 9.07 Å². The summed E-state index contributed by atoms with van der Waals surface area (Å²) in [6, 6.07) is 8.96. The number of halogens is 1. The van der Waals surface area contributed by atoms with Crippen LogP contribution in [0.15, 0.2) is 42.7 Å². The molecule has 1 aliphatic heterocycles. The summed E-state index contributed by atoms with van der Waals surface area (Å²) in [4.78, 5) is 4.89. The summed E-state index contributed by atoms with van der Waals surface area (Å²) < 4.78 is 16.1. The van der Waals surface area contributed by atoms with Crippen LogP contribution in [0.2, 0.25) is 0 Å². The van der Waals surface area contributed by atoms with Gasteiger partial charge in [-0.15, -0.1) is 11.3 Å². The number of H-pyrrole nitrogens is 1. The van der Waals surface area contributed by atoms with Crippen molar-refractivity contribution in [3.05, 3.63) is 75.1 Å². The third kappa shape index (κ3) is 3.41. The summed E-state index contributed by atoms with van der Waals surface area (Å²) in [5.74, 6) is -0.271. The Hall–Kier alpha value is -2.77. The molecule has 0 fully saturated rings. The number of aryl methyl sites for hydroxylation is 2. The van der Waals surface area contributed by atoms with E-state index in [1.54, 1.807) is 28.2 Å². The van der Waals surface area contributed by atoms with Crippen LogP contribution >= 0.6 is 11.3 Å². The van der Waals surface area contributed by atoms with Gasteiger partial charge in [0.15, 0.2) is 0 Å². The van der Waals surface area contributed by atoms with Crippen LogP contribution in [-0.4, -0.2) is 31.4 Å². The molecule has 4 aromatic rings. The molecule has 1 aromatic carbocycles. The second kappa shape index (κ2) is 7.24. The Morgan fingerprint density at radius 2 is 2.10 bits per heavy atom. The van der Waals surface area contributed by atoms with Gasteiger partial charge in [-0.1, -0.05) is 12.1 Å². The van der Waals surface area contributed by atoms with E-state index in [0.29, 0.717) is 5.69 Å². The predicted octanol–water partition coefficient (Wildman–Crippen LogP) is 4.64. The van der Waals surface area contributed by atoms with Crippen molar-refractivity contribution in [2.75, 3.05) is 6.54 Å². The molecule has 1 aliphatic rings. The molecule has 7 heteroatoms.